The molecule has 0 bridgehead atoms. The lowest BCUT2D eigenvalue weighted by Gasteiger charge is -2.10. The van der Waals surface area contributed by atoms with E-state index in [9.17, 15) is 4.79 Å². The Kier molecular flexibility index (Phi) is 3.83. The smallest absolute Gasteiger partial charge is 0.253 e. The first-order chi connectivity index (χ1) is 10.2. The summed E-state index contributed by atoms with van der Waals surface area (Å²) in [5, 5.41) is 5.87. The summed E-state index contributed by atoms with van der Waals surface area (Å²) in [4.78, 5) is 11.7. The van der Waals surface area contributed by atoms with E-state index in [1.807, 2.05) is 54.6 Å². The van der Waals surface area contributed by atoms with Crippen molar-refractivity contribution in [3.8, 4) is 5.75 Å². The molecule has 2 aromatic rings. The summed E-state index contributed by atoms with van der Waals surface area (Å²) >= 11 is 4.93. The summed E-state index contributed by atoms with van der Waals surface area (Å²) in [6.07, 6.45) is 0. The molecule has 1 heterocycles. The predicted octanol–water partition coefficient (Wildman–Crippen LogP) is 2.31. The molecule has 106 valence electrons. The third-order valence-corrected chi connectivity index (χ3v) is 3.46. The van der Waals surface area contributed by atoms with Crippen LogP contribution in [0.2, 0.25) is 0 Å². The van der Waals surface area contributed by atoms with E-state index >= 15 is 0 Å². The quantitative estimate of drug-likeness (QED) is 0.851. The Bertz CT molecular complexity index is 656. The van der Waals surface area contributed by atoms with Gasteiger partial charge in [0.05, 0.1) is 0 Å². The molecule has 0 aliphatic carbocycles. The molecule has 2 N–H and O–H groups in total. The minimum atomic E-state index is -0.416. The van der Waals surface area contributed by atoms with E-state index < -0.39 is 6.04 Å². The van der Waals surface area contributed by atoms with Gasteiger partial charge in [-0.05, 0) is 35.5 Å². The number of carbonyl (C=O) groups excluding carboxylic acids is 1. The van der Waals surface area contributed by atoms with Crippen LogP contribution in [0.4, 0.5) is 0 Å². The highest BCUT2D eigenvalue weighted by Gasteiger charge is 2.28. The number of carbonyl (C=O) groups is 1. The monoisotopic (exact) mass is 298 g/mol. The fourth-order valence-corrected chi connectivity index (χ4v) is 2.37. The number of hydrogen-bond donors (Lipinski definition) is 2. The van der Waals surface area contributed by atoms with Gasteiger partial charge in [-0.1, -0.05) is 42.5 Å². The van der Waals surface area contributed by atoms with Crippen molar-refractivity contribution in [3.63, 3.8) is 0 Å². The Morgan fingerprint density at radius 3 is 2.38 bits per heavy atom. The average molecular weight is 298 g/mol. The van der Waals surface area contributed by atoms with Gasteiger partial charge >= 0.3 is 0 Å². The predicted molar refractivity (Wildman–Crippen MR) is 83.8 cm³/mol. The van der Waals surface area contributed by atoms with E-state index in [1.54, 1.807) is 0 Å². The largest absolute Gasteiger partial charge is 0.489 e. The maximum atomic E-state index is 11.7. The third kappa shape index (κ3) is 3.20. The van der Waals surface area contributed by atoms with Crippen LogP contribution in [-0.4, -0.2) is 11.0 Å². The van der Waals surface area contributed by atoms with E-state index in [2.05, 4.69) is 10.6 Å². The second-order valence-electron chi connectivity index (χ2n) is 4.74. The molecule has 1 unspecified atom stereocenters. The van der Waals surface area contributed by atoms with Gasteiger partial charge in [-0.3, -0.25) is 4.79 Å². The van der Waals surface area contributed by atoms with Crippen LogP contribution in [-0.2, 0) is 11.4 Å². The number of benzene rings is 2. The molecule has 1 fully saturated rings. The Morgan fingerprint density at radius 1 is 1.05 bits per heavy atom. The highest BCUT2D eigenvalue weighted by molar-refractivity contribution is 7.80. The molecule has 0 radical (unpaired) electrons. The van der Waals surface area contributed by atoms with E-state index in [0.717, 1.165) is 16.9 Å². The number of nitrogens with one attached hydrogen (secondary N) is 2. The Hall–Kier alpha value is -2.40. The van der Waals surface area contributed by atoms with Gasteiger partial charge in [0, 0.05) is 0 Å². The van der Waals surface area contributed by atoms with Gasteiger partial charge in [0.15, 0.2) is 5.11 Å². The lowest BCUT2D eigenvalue weighted by Crippen LogP contribution is -2.21. The number of amides is 1. The van der Waals surface area contributed by atoms with Crippen LogP contribution >= 0.6 is 12.2 Å². The Labute approximate surface area is 128 Å². The van der Waals surface area contributed by atoms with E-state index in [4.69, 9.17) is 17.0 Å². The van der Waals surface area contributed by atoms with Gasteiger partial charge < -0.3 is 15.4 Å². The molecular formula is C16H14N2O2S. The van der Waals surface area contributed by atoms with Crippen molar-refractivity contribution in [2.24, 2.45) is 0 Å². The van der Waals surface area contributed by atoms with Gasteiger partial charge in [-0.25, -0.2) is 0 Å². The molecule has 0 saturated carbocycles. The normalized spacial score (nSPS) is 17.2. The molecule has 0 aromatic heterocycles. The number of hydrogen-bond acceptors (Lipinski definition) is 3. The van der Waals surface area contributed by atoms with Crippen molar-refractivity contribution in [3.05, 3.63) is 65.7 Å². The van der Waals surface area contributed by atoms with Gasteiger partial charge in [0.1, 0.15) is 18.4 Å². The summed E-state index contributed by atoms with van der Waals surface area (Å²) in [6.45, 7) is 0.520. The van der Waals surface area contributed by atoms with Crippen LogP contribution in [0.1, 0.15) is 17.2 Å². The first-order valence-corrected chi connectivity index (χ1v) is 7.01. The molecule has 1 amide bonds. The number of rotatable bonds is 4. The summed E-state index contributed by atoms with van der Waals surface area (Å²) in [5.74, 6) is 0.640. The van der Waals surface area contributed by atoms with Crippen LogP contribution in [0.5, 0.6) is 5.75 Å². The molecule has 5 heteroatoms. The maximum absolute atomic E-state index is 11.7. The number of ether oxygens (including phenoxy) is 1. The SMILES string of the molecule is O=C1NC(=S)NC1c1ccc(OCc2ccccc2)cc1. The topological polar surface area (TPSA) is 50.4 Å². The van der Waals surface area contributed by atoms with E-state index in [-0.39, 0.29) is 5.91 Å². The molecular weight excluding hydrogens is 284 g/mol. The minimum Gasteiger partial charge on any atom is -0.489 e. The van der Waals surface area contributed by atoms with Crippen molar-refractivity contribution in [1.29, 1.82) is 0 Å². The van der Waals surface area contributed by atoms with Crippen LogP contribution in [0.3, 0.4) is 0 Å². The standard InChI is InChI=1S/C16H14N2O2S/c19-15-14(17-16(21)18-15)12-6-8-13(9-7-12)20-10-11-4-2-1-3-5-11/h1-9,14H,10H2,(H2,17,18,19,21). The molecule has 1 aliphatic rings. The molecule has 1 saturated heterocycles. The minimum absolute atomic E-state index is 0.127. The fourth-order valence-electron chi connectivity index (χ4n) is 2.15. The number of thiocarbonyl (C=S) groups is 1. The maximum Gasteiger partial charge on any atom is 0.253 e. The van der Waals surface area contributed by atoms with Gasteiger partial charge in [-0.2, -0.15) is 0 Å². The molecule has 4 nitrogen and oxygen atoms in total. The van der Waals surface area contributed by atoms with Crippen molar-refractivity contribution >= 4 is 23.2 Å². The van der Waals surface area contributed by atoms with Crippen LogP contribution in [0.25, 0.3) is 0 Å². The molecule has 0 spiro atoms. The zero-order valence-corrected chi connectivity index (χ0v) is 12.0. The molecule has 2 aromatic carbocycles. The first kappa shape index (κ1) is 13.6. The highest BCUT2D eigenvalue weighted by atomic mass is 32.1. The molecule has 3 rings (SSSR count). The van der Waals surface area contributed by atoms with Gasteiger partial charge in [-0.15, -0.1) is 0 Å². The summed E-state index contributed by atoms with van der Waals surface area (Å²) in [6, 6.07) is 17.0. The molecule has 1 atom stereocenters. The van der Waals surface area contributed by atoms with Crippen molar-refractivity contribution in [2.45, 2.75) is 12.6 Å². The summed E-state index contributed by atoms with van der Waals surface area (Å²) in [7, 11) is 0. The van der Waals surface area contributed by atoms with Gasteiger partial charge in [0.25, 0.3) is 5.91 Å². The van der Waals surface area contributed by atoms with Crippen LogP contribution in [0, 0.1) is 0 Å². The first-order valence-electron chi connectivity index (χ1n) is 6.60. The van der Waals surface area contributed by atoms with Gasteiger partial charge in [0.2, 0.25) is 0 Å². The molecule has 21 heavy (non-hydrogen) atoms. The van der Waals surface area contributed by atoms with E-state index in [1.165, 1.54) is 0 Å². The Balaban J connectivity index is 1.64. The second-order valence-corrected chi connectivity index (χ2v) is 5.15. The molecule has 1 aliphatic heterocycles. The lowest BCUT2D eigenvalue weighted by molar-refractivity contribution is -0.120. The summed E-state index contributed by atoms with van der Waals surface area (Å²) < 4.78 is 5.71. The third-order valence-electron chi connectivity index (χ3n) is 3.24. The van der Waals surface area contributed by atoms with Crippen molar-refractivity contribution in [1.82, 2.24) is 10.6 Å². The van der Waals surface area contributed by atoms with Crippen LogP contribution in [0.15, 0.2) is 54.6 Å². The highest BCUT2D eigenvalue weighted by Crippen LogP contribution is 2.20. The van der Waals surface area contributed by atoms with Crippen LogP contribution < -0.4 is 15.4 Å². The summed E-state index contributed by atoms with van der Waals surface area (Å²) in [5.41, 5.74) is 1.98. The zero-order valence-electron chi connectivity index (χ0n) is 11.2. The zero-order chi connectivity index (χ0) is 14.7. The Morgan fingerprint density at radius 2 is 1.76 bits per heavy atom. The van der Waals surface area contributed by atoms with Crippen molar-refractivity contribution < 1.29 is 9.53 Å². The lowest BCUT2D eigenvalue weighted by atomic mass is 10.1. The average Bonchev–Trinajstić information content (AvgIpc) is 2.85. The van der Waals surface area contributed by atoms with Crippen molar-refractivity contribution in [2.75, 3.05) is 0 Å². The fraction of sp³-hybridized carbons (Fsp3) is 0.125. The van der Waals surface area contributed by atoms with E-state index in [0.29, 0.717) is 11.7 Å². The second kappa shape index (κ2) is 5.93.